The van der Waals surface area contributed by atoms with Crippen molar-refractivity contribution in [3.63, 3.8) is 0 Å². The second-order valence-electron chi connectivity index (χ2n) is 7.95. The summed E-state index contributed by atoms with van der Waals surface area (Å²) in [4.78, 5) is 19.2. The van der Waals surface area contributed by atoms with Crippen LogP contribution in [0.5, 0.6) is 5.75 Å². The first kappa shape index (κ1) is 27.9. The molecule has 198 valence electrons. The van der Waals surface area contributed by atoms with Crippen molar-refractivity contribution in [1.29, 1.82) is 0 Å². The Bertz CT molecular complexity index is 1370. The Morgan fingerprint density at radius 2 is 1.71 bits per heavy atom. The monoisotopic (exact) mass is 524 g/mol. The molecule has 4 aromatic rings. The number of hydrogen-bond donors (Lipinski definition) is 1. The van der Waals surface area contributed by atoms with E-state index in [-0.39, 0.29) is 16.5 Å². The molecule has 0 aliphatic rings. The third-order valence-electron chi connectivity index (χ3n) is 5.24. The van der Waals surface area contributed by atoms with E-state index in [0.29, 0.717) is 22.9 Å². The number of nitrogens with zero attached hydrogens (tertiary/aromatic N) is 5. The maximum atomic E-state index is 12.7. The number of nitrogens with one attached hydrogen (secondary N) is 1. The van der Waals surface area contributed by atoms with Gasteiger partial charge in [0.2, 0.25) is 5.91 Å². The highest BCUT2D eigenvalue weighted by atomic mass is 19.4. The second-order valence-corrected chi connectivity index (χ2v) is 7.95. The maximum absolute atomic E-state index is 12.7. The average molecular weight is 525 g/mol. The van der Waals surface area contributed by atoms with E-state index in [9.17, 15) is 18.0 Å². The topological polar surface area (TPSA) is 84.6 Å². The number of rotatable bonds is 6. The Balaban J connectivity index is 0.000000279. The molecule has 1 N–H and O–H groups in total. The van der Waals surface area contributed by atoms with Crippen molar-refractivity contribution in [1.82, 2.24) is 14.8 Å². The fourth-order valence-corrected chi connectivity index (χ4v) is 3.30. The molecule has 1 aromatic heterocycles. The zero-order valence-corrected chi connectivity index (χ0v) is 21.3. The predicted octanol–water partition coefficient (Wildman–Crippen LogP) is 5.59. The fraction of sp³-hybridized carbons (Fsp3) is 0.185. The number of halogens is 3. The quantitative estimate of drug-likeness (QED) is 0.263. The highest BCUT2D eigenvalue weighted by Crippen LogP contribution is 2.27. The number of methoxy groups -OCH3 is 1. The van der Waals surface area contributed by atoms with Gasteiger partial charge in [0.15, 0.2) is 5.82 Å². The van der Waals surface area contributed by atoms with Crippen molar-refractivity contribution in [3.8, 4) is 22.8 Å². The molecule has 0 saturated heterocycles. The molecule has 0 radical (unpaired) electrons. The average Bonchev–Trinajstić information content (AvgIpc) is 3.39. The van der Waals surface area contributed by atoms with Crippen molar-refractivity contribution < 1.29 is 22.7 Å². The smallest absolute Gasteiger partial charge is 0.484 e. The van der Waals surface area contributed by atoms with Crippen LogP contribution in [0.3, 0.4) is 0 Å². The molecule has 0 fully saturated rings. The van der Waals surface area contributed by atoms with Crippen molar-refractivity contribution in [2.24, 2.45) is 4.99 Å². The second kappa shape index (κ2) is 12.5. The van der Waals surface area contributed by atoms with Gasteiger partial charge in [0.25, 0.3) is 0 Å². The van der Waals surface area contributed by atoms with Crippen LogP contribution >= 0.6 is 0 Å². The fourth-order valence-electron chi connectivity index (χ4n) is 3.30. The summed E-state index contributed by atoms with van der Waals surface area (Å²) in [6.45, 7) is 1.46. The predicted molar refractivity (Wildman–Crippen MR) is 142 cm³/mol. The van der Waals surface area contributed by atoms with Crippen LogP contribution in [0.25, 0.3) is 17.1 Å². The lowest BCUT2D eigenvalue weighted by Gasteiger charge is -2.22. The number of aromatic nitrogens is 3. The van der Waals surface area contributed by atoms with Crippen LogP contribution in [0.4, 0.5) is 24.5 Å². The largest absolute Gasteiger partial charge is 0.495 e. The van der Waals surface area contributed by atoms with Gasteiger partial charge >= 0.3 is 6.30 Å². The lowest BCUT2D eigenvalue weighted by molar-refractivity contribution is -0.125. The molecule has 0 bridgehead atoms. The van der Waals surface area contributed by atoms with E-state index in [0.717, 1.165) is 18.2 Å². The van der Waals surface area contributed by atoms with E-state index in [1.807, 2.05) is 36.4 Å². The van der Waals surface area contributed by atoms with E-state index >= 15 is 0 Å². The first-order valence-electron chi connectivity index (χ1n) is 11.4. The highest BCUT2D eigenvalue weighted by molar-refractivity contribution is 5.90. The van der Waals surface area contributed by atoms with Crippen LogP contribution in [-0.4, -0.2) is 54.4 Å². The molecule has 3 aromatic carbocycles. The molecule has 0 aliphatic carbocycles. The maximum Gasteiger partial charge on any atom is 0.484 e. The molecule has 0 unspecified atom stereocenters. The molecule has 1 heterocycles. The molecule has 0 atom stereocenters. The van der Waals surface area contributed by atoms with E-state index in [2.05, 4.69) is 20.4 Å². The third-order valence-corrected chi connectivity index (χ3v) is 5.24. The van der Waals surface area contributed by atoms with E-state index in [1.54, 1.807) is 44.6 Å². The summed E-state index contributed by atoms with van der Waals surface area (Å²) in [5, 5.41) is 7.05. The number of carbonyl (C=O) groups excluding carboxylic acids is 1. The number of hydrogen-bond acceptors (Lipinski definition) is 6. The van der Waals surface area contributed by atoms with Crippen molar-refractivity contribution in [2.75, 3.05) is 31.4 Å². The van der Waals surface area contributed by atoms with Crippen LogP contribution in [0.1, 0.15) is 12.5 Å². The van der Waals surface area contributed by atoms with E-state index < -0.39 is 6.30 Å². The third kappa shape index (κ3) is 7.42. The number of aliphatic imine (C=N–C) groups is 1. The first-order chi connectivity index (χ1) is 18.1. The molecule has 0 spiro atoms. The van der Waals surface area contributed by atoms with Crippen LogP contribution in [0, 0.1) is 0 Å². The van der Waals surface area contributed by atoms with Gasteiger partial charge in [-0.25, -0.2) is 9.67 Å². The molecule has 4 rings (SSSR count). The van der Waals surface area contributed by atoms with E-state index in [1.165, 1.54) is 30.1 Å². The lowest BCUT2D eigenvalue weighted by atomic mass is 10.1. The molecule has 11 heteroatoms. The molecular weight excluding hydrogens is 497 g/mol. The number of benzene rings is 3. The van der Waals surface area contributed by atoms with Gasteiger partial charge < -0.3 is 10.1 Å². The van der Waals surface area contributed by atoms with E-state index in [4.69, 9.17) is 4.74 Å². The van der Waals surface area contributed by atoms with Gasteiger partial charge in [-0.15, -0.1) is 5.10 Å². The minimum Gasteiger partial charge on any atom is -0.495 e. The summed E-state index contributed by atoms with van der Waals surface area (Å²) >= 11 is 0. The summed E-state index contributed by atoms with van der Waals surface area (Å²) in [6.07, 6.45) is -1.15. The zero-order valence-electron chi connectivity index (χ0n) is 21.3. The number of alkyl halides is 3. The van der Waals surface area contributed by atoms with Crippen LogP contribution in [-0.2, 0) is 4.79 Å². The summed E-state index contributed by atoms with van der Waals surface area (Å²) in [5.41, 5.74) is 3.19. The number of para-hydroxylation sites is 2. The Labute approximate surface area is 218 Å². The van der Waals surface area contributed by atoms with Gasteiger partial charge in [0, 0.05) is 38.5 Å². The van der Waals surface area contributed by atoms with Crippen molar-refractivity contribution >= 4 is 23.5 Å². The molecule has 1 amide bonds. The van der Waals surface area contributed by atoms with Gasteiger partial charge in [-0.2, -0.15) is 13.2 Å². The standard InChI is InChI=1S/C18H16F3N5.C9H11NO2/c1-22-11-13-3-5-14(6-4-13)17-23-12-26(24-17)16-9-7-15(8-10-16)25(2)18(19,20)21;1-7(11)10-8-5-3-4-6-9(8)12-2/h3-12H,1-2H3;3-6H,1-2H3,(H,10,11). The molecule has 8 nitrogen and oxygen atoms in total. The molecule has 0 saturated carbocycles. The van der Waals surface area contributed by atoms with Gasteiger partial charge in [-0.05, 0) is 42.0 Å². The summed E-state index contributed by atoms with van der Waals surface area (Å²) in [5.74, 6) is 1.11. The first-order valence-corrected chi connectivity index (χ1v) is 11.4. The van der Waals surface area contributed by atoms with Crippen molar-refractivity contribution in [3.05, 3.63) is 84.7 Å². The van der Waals surface area contributed by atoms with Crippen LogP contribution < -0.4 is 15.0 Å². The Morgan fingerprint density at radius 3 is 2.29 bits per heavy atom. The number of ether oxygens (including phenoxy) is 1. The highest BCUT2D eigenvalue weighted by Gasteiger charge is 2.34. The van der Waals surface area contributed by atoms with Gasteiger partial charge in [-0.3, -0.25) is 14.7 Å². The minimum absolute atomic E-state index is 0.0507. The normalized spacial score (nSPS) is 11.0. The Hall–Kier alpha value is -4.67. The number of anilines is 2. The molecular formula is C27H27F3N6O2. The Kier molecular flexibility index (Phi) is 9.20. The zero-order chi connectivity index (χ0) is 27.7. The van der Waals surface area contributed by atoms with Gasteiger partial charge in [0.1, 0.15) is 12.1 Å². The number of amides is 1. The Morgan fingerprint density at radius 1 is 1.05 bits per heavy atom. The summed E-state index contributed by atoms with van der Waals surface area (Å²) in [6, 6.07) is 20.8. The number of carbonyl (C=O) groups is 1. The van der Waals surface area contributed by atoms with Gasteiger partial charge in [0.05, 0.1) is 18.5 Å². The van der Waals surface area contributed by atoms with Crippen LogP contribution in [0.2, 0.25) is 0 Å². The lowest BCUT2D eigenvalue weighted by Crippen LogP contribution is -2.33. The SMILES string of the molecule is CN=Cc1ccc(-c2ncn(-c3ccc(N(C)C(F)(F)F)cc3)n2)cc1.COc1ccccc1NC(C)=O. The minimum atomic E-state index is -4.42. The molecule has 0 aliphatic heterocycles. The van der Waals surface area contributed by atoms with Gasteiger partial charge in [-0.1, -0.05) is 36.4 Å². The molecule has 38 heavy (non-hydrogen) atoms. The summed E-state index contributed by atoms with van der Waals surface area (Å²) < 4.78 is 44.7. The summed E-state index contributed by atoms with van der Waals surface area (Å²) in [7, 11) is 4.25. The van der Waals surface area contributed by atoms with Crippen LogP contribution in [0.15, 0.2) is 84.1 Å². The van der Waals surface area contributed by atoms with Crippen molar-refractivity contribution in [2.45, 2.75) is 13.2 Å².